The van der Waals surface area contributed by atoms with Crippen LogP contribution in [0.4, 0.5) is 5.69 Å². The third-order valence-electron chi connectivity index (χ3n) is 4.15. The summed E-state index contributed by atoms with van der Waals surface area (Å²) in [6.45, 7) is 3.31. The highest BCUT2D eigenvalue weighted by molar-refractivity contribution is 5.91. The van der Waals surface area contributed by atoms with Crippen LogP contribution in [0.15, 0.2) is 24.3 Å². The van der Waals surface area contributed by atoms with Crippen molar-refractivity contribution in [2.75, 3.05) is 5.73 Å². The molecule has 108 valence electrons. The van der Waals surface area contributed by atoms with Gasteiger partial charge in [0.25, 0.3) is 0 Å². The van der Waals surface area contributed by atoms with Gasteiger partial charge in [-0.15, -0.1) is 0 Å². The van der Waals surface area contributed by atoms with Crippen LogP contribution in [0, 0.1) is 5.92 Å². The van der Waals surface area contributed by atoms with Crippen LogP contribution in [-0.4, -0.2) is 23.0 Å². The van der Waals surface area contributed by atoms with Crippen molar-refractivity contribution in [1.82, 2.24) is 5.32 Å². The molecular formula is C15H20N2O3. The van der Waals surface area contributed by atoms with Gasteiger partial charge in [-0.1, -0.05) is 12.1 Å². The third-order valence-corrected chi connectivity index (χ3v) is 4.15. The van der Waals surface area contributed by atoms with Gasteiger partial charge in [0.2, 0.25) is 5.91 Å². The van der Waals surface area contributed by atoms with E-state index in [1.807, 2.05) is 12.1 Å². The zero-order valence-corrected chi connectivity index (χ0v) is 11.7. The number of nitrogens with two attached hydrogens (primary N) is 1. The van der Waals surface area contributed by atoms with Crippen molar-refractivity contribution in [3.8, 4) is 0 Å². The quantitative estimate of drug-likeness (QED) is 0.711. The van der Waals surface area contributed by atoms with E-state index >= 15 is 0 Å². The van der Waals surface area contributed by atoms with Gasteiger partial charge in [0.1, 0.15) is 0 Å². The van der Waals surface area contributed by atoms with Crippen molar-refractivity contribution in [1.29, 1.82) is 0 Å². The van der Waals surface area contributed by atoms with E-state index in [0.29, 0.717) is 5.69 Å². The molecular weight excluding hydrogens is 256 g/mol. The minimum atomic E-state index is -0.907. The monoisotopic (exact) mass is 276 g/mol. The molecule has 0 radical (unpaired) electrons. The van der Waals surface area contributed by atoms with Gasteiger partial charge >= 0.3 is 5.97 Å². The zero-order valence-electron chi connectivity index (χ0n) is 11.7. The van der Waals surface area contributed by atoms with Gasteiger partial charge in [-0.05, 0) is 44.4 Å². The topological polar surface area (TPSA) is 92.4 Å². The second kappa shape index (κ2) is 5.15. The summed E-state index contributed by atoms with van der Waals surface area (Å²) in [6.07, 6.45) is 1.58. The fourth-order valence-corrected chi connectivity index (χ4v) is 2.26. The average molecular weight is 276 g/mol. The molecule has 1 aromatic rings. The van der Waals surface area contributed by atoms with Gasteiger partial charge in [-0.3, -0.25) is 9.59 Å². The minimum Gasteiger partial charge on any atom is -0.481 e. The highest BCUT2D eigenvalue weighted by atomic mass is 16.4. The summed E-state index contributed by atoms with van der Waals surface area (Å²) in [5.41, 5.74) is 6.76. The molecule has 1 aromatic carbocycles. The molecule has 1 saturated carbocycles. The summed E-state index contributed by atoms with van der Waals surface area (Å²) >= 11 is 0. The number of benzene rings is 1. The van der Waals surface area contributed by atoms with Crippen LogP contribution in [-0.2, 0) is 15.0 Å². The average Bonchev–Trinajstić information content (AvgIpc) is 3.20. The molecule has 1 aliphatic rings. The van der Waals surface area contributed by atoms with Crippen molar-refractivity contribution in [3.63, 3.8) is 0 Å². The molecule has 0 aliphatic heterocycles. The number of carboxylic acids is 1. The molecule has 2 atom stereocenters. The normalized spacial score (nSPS) is 18.9. The lowest BCUT2D eigenvalue weighted by atomic mass is 9.93. The first kappa shape index (κ1) is 14.4. The molecule has 5 heteroatoms. The Morgan fingerprint density at radius 2 is 1.80 bits per heavy atom. The summed E-state index contributed by atoms with van der Waals surface area (Å²) < 4.78 is 0. The van der Waals surface area contributed by atoms with E-state index in [1.54, 1.807) is 26.0 Å². The first-order valence-electron chi connectivity index (χ1n) is 6.76. The van der Waals surface area contributed by atoms with Crippen LogP contribution >= 0.6 is 0 Å². The first-order valence-corrected chi connectivity index (χ1v) is 6.76. The first-order chi connectivity index (χ1) is 9.36. The maximum absolute atomic E-state index is 12.4. The smallest absolute Gasteiger partial charge is 0.308 e. The van der Waals surface area contributed by atoms with Crippen LogP contribution in [0.3, 0.4) is 0 Å². The number of carbonyl (C=O) groups excluding carboxylic acids is 1. The van der Waals surface area contributed by atoms with Crippen molar-refractivity contribution in [2.45, 2.75) is 38.1 Å². The second-order valence-electron chi connectivity index (χ2n) is 5.59. The van der Waals surface area contributed by atoms with Crippen molar-refractivity contribution < 1.29 is 14.7 Å². The van der Waals surface area contributed by atoms with Gasteiger partial charge in [-0.25, -0.2) is 0 Å². The highest BCUT2D eigenvalue weighted by Crippen LogP contribution is 2.48. The van der Waals surface area contributed by atoms with E-state index in [4.69, 9.17) is 10.8 Å². The predicted octanol–water partition coefficient (Wildman–Crippen LogP) is 1.53. The molecule has 0 aromatic heterocycles. The lowest BCUT2D eigenvalue weighted by Gasteiger charge is -2.22. The SMILES string of the molecule is CC(NC(=O)C1(c2ccc(N)cc2)CC1)C(C)C(=O)O. The Morgan fingerprint density at radius 1 is 1.25 bits per heavy atom. The summed E-state index contributed by atoms with van der Waals surface area (Å²) in [6, 6.07) is 6.91. The van der Waals surface area contributed by atoms with Crippen LogP contribution in [0.2, 0.25) is 0 Å². The van der Waals surface area contributed by atoms with Gasteiger partial charge in [0.05, 0.1) is 11.3 Å². The molecule has 1 fully saturated rings. The van der Waals surface area contributed by atoms with Crippen molar-refractivity contribution in [3.05, 3.63) is 29.8 Å². The maximum atomic E-state index is 12.4. The number of amides is 1. The lowest BCUT2D eigenvalue weighted by Crippen LogP contribution is -2.44. The number of aliphatic carboxylic acids is 1. The molecule has 1 amide bonds. The number of rotatable bonds is 5. The van der Waals surface area contributed by atoms with E-state index in [2.05, 4.69) is 5.32 Å². The van der Waals surface area contributed by atoms with Gasteiger partial charge in [0, 0.05) is 11.7 Å². The van der Waals surface area contributed by atoms with Gasteiger partial charge in [-0.2, -0.15) is 0 Å². The Hall–Kier alpha value is -2.04. The van der Waals surface area contributed by atoms with Gasteiger partial charge in [0.15, 0.2) is 0 Å². The minimum absolute atomic E-state index is 0.0946. The number of nitrogens with one attached hydrogen (secondary N) is 1. The molecule has 4 N–H and O–H groups in total. The molecule has 2 rings (SSSR count). The molecule has 0 heterocycles. The summed E-state index contributed by atoms with van der Waals surface area (Å²) in [5, 5.41) is 11.8. The highest BCUT2D eigenvalue weighted by Gasteiger charge is 2.51. The fraction of sp³-hybridized carbons (Fsp3) is 0.467. The maximum Gasteiger partial charge on any atom is 0.308 e. The van der Waals surface area contributed by atoms with E-state index in [0.717, 1.165) is 18.4 Å². The number of anilines is 1. The standard InChI is InChI=1S/C15H20N2O3/c1-9(13(18)19)10(2)17-14(20)15(7-8-15)11-3-5-12(16)6-4-11/h3-6,9-10H,7-8,16H2,1-2H3,(H,17,20)(H,18,19). The zero-order chi connectivity index (χ0) is 14.9. The van der Waals surface area contributed by atoms with Crippen LogP contribution in [0.25, 0.3) is 0 Å². The Labute approximate surface area is 118 Å². The summed E-state index contributed by atoms with van der Waals surface area (Å²) in [4.78, 5) is 23.3. The van der Waals surface area contributed by atoms with Crippen LogP contribution < -0.4 is 11.1 Å². The van der Waals surface area contributed by atoms with E-state index in [-0.39, 0.29) is 5.91 Å². The number of carbonyl (C=O) groups is 2. The largest absolute Gasteiger partial charge is 0.481 e. The number of carboxylic acid groups (broad SMARTS) is 1. The molecule has 0 spiro atoms. The van der Waals surface area contributed by atoms with E-state index < -0.39 is 23.3 Å². The fourth-order valence-electron chi connectivity index (χ4n) is 2.26. The second-order valence-corrected chi connectivity index (χ2v) is 5.59. The van der Waals surface area contributed by atoms with Crippen molar-refractivity contribution in [2.24, 2.45) is 5.92 Å². The Kier molecular flexibility index (Phi) is 3.70. The Balaban J connectivity index is 2.09. The lowest BCUT2D eigenvalue weighted by molar-refractivity contribution is -0.142. The predicted molar refractivity (Wildman–Crippen MR) is 76.2 cm³/mol. The van der Waals surface area contributed by atoms with Crippen LogP contribution in [0.1, 0.15) is 32.3 Å². The summed E-state index contributed by atoms with van der Waals surface area (Å²) in [7, 11) is 0. The Morgan fingerprint density at radius 3 is 2.25 bits per heavy atom. The number of hydrogen-bond donors (Lipinski definition) is 3. The summed E-state index contributed by atoms with van der Waals surface area (Å²) in [5.74, 6) is -1.61. The number of hydrogen-bond acceptors (Lipinski definition) is 3. The molecule has 0 saturated heterocycles. The molecule has 5 nitrogen and oxygen atoms in total. The molecule has 2 unspecified atom stereocenters. The molecule has 1 aliphatic carbocycles. The molecule has 20 heavy (non-hydrogen) atoms. The number of nitrogen functional groups attached to an aromatic ring is 1. The van der Waals surface area contributed by atoms with Crippen molar-refractivity contribution >= 4 is 17.6 Å². The Bertz CT molecular complexity index is 520. The van der Waals surface area contributed by atoms with Gasteiger partial charge < -0.3 is 16.2 Å². The molecule has 0 bridgehead atoms. The third kappa shape index (κ3) is 2.61. The van der Waals surface area contributed by atoms with E-state index in [1.165, 1.54) is 0 Å². The van der Waals surface area contributed by atoms with E-state index in [9.17, 15) is 9.59 Å². The van der Waals surface area contributed by atoms with Crippen LogP contribution in [0.5, 0.6) is 0 Å².